The second-order valence-electron chi connectivity index (χ2n) is 7.62. The number of fused-ring (bicyclic) bond motifs is 1. The first-order chi connectivity index (χ1) is 13.9. The Hall–Kier alpha value is -1.45. The Morgan fingerprint density at radius 1 is 1.31 bits per heavy atom. The smallest absolute Gasteiger partial charge is 0.264 e. The van der Waals surface area contributed by atoms with E-state index >= 15 is 0 Å². The van der Waals surface area contributed by atoms with Crippen LogP contribution in [0.1, 0.15) is 36.2 Å². The third-order valence-electron chi connectivity index (χ3n) is 5.45. The fourth-order valence-electron chi connectivity index (χ4n) is 4.01. The molecule has 4 heterocycles. The summed E-state index contributed by atoms with van der Waals surface area (Å²) < 4.78 is 5.94. The molecule has 4 rings (SSSR count). The molecular weight excluding hydrogens is 430 g/mol. The van der Waals surface area contributed by atoms with Crippen molar-refractivity contribution in [3.8, 4) is 0 Å². The fraction of sp³-hybridized carbons (Fsp3) is 0.500. The third kappa shape index (κ3) is 4.51. The van der Waals surface area contributed by atoms with E-state index in [1.807, 2.05) is 4.90 Å². The number of carbonyl (C=O) groups is 2. The molecule has 9 heteroatoms. The highest BCUT2D eigenvalue weighted by Crippen LogP contribution is 2.31. The van der Waals surface area contributed by atoms with Crippen molar-refractivity contribution in [2.75, 3.05) is 33.9 Å². The van der Waals surface area contributed by atoms with Crippen LogP contribution in [0, 0.1) is 0 Å². The summed E-state index contributed by atoms with van der Waals surface area (Å²) in [6.45, 7) is 2.86. The zero-order valence-electron chi connectivity index (χ0n) is 16.4. The van der Waals surface area contributed by atoms with Crippen molar-refractivity contribution < 1.29 is 14.3 Å². The Labute approximate surface area is 183 Å². The predicted molar refractivity (Wildman–Crippen MR) is 116 cm³/mol. The summed E-state index contributed by atoms with van der Waals surface area (Å²) in [6.07, 6.45) is 1.66. The molecule has 1 saturated heterocycles. The SMILES string of the molecule is COC[C@@H]1C[C@@H](NC(=O)c2ccc(Cl)s2)CN1C(=O)c1cc2c(s1)CN(C)CC2. The molecule has 1 N–H and O–H groups in total. The van der Waals surface area contributed by atoms with E-state index in [-0.39, 0.29) is 23.9 Å². The van der Waals surface area contributed by atoms with Gasteiger partial charge < -0.3 is 19.9 Å². The molecule has 156 valence electrons. The number of likely N-dealkylation sites (tertiary alicyclic amines) is 1. The highest BCUT2D eigenvalue weighted by molar-refractivity contribution is 7.18. The van der Waals surface area contributed by atoms with E-state index in [1.54, 1.807) is 30.6 Å². The number of hydrogen-bond acceptors (Lipinski definition) is 6. The number of halogens is 1. The summed E-state index contributed by atoms with van der Waals surface area (Å²) in [5.41, 5.74) is 1.29. The molecule has 2 aromatic rings. The molecule has 2 aliphatic heterocycles. The molecule has 0 aromatic carbocycles. The van der Waals surface area contributed by atoms with Crippen LogP contribution >= 0.6 is 34.3 Å². The van der Waals surface area contributed by atoms with Crippen molar-refractivity contribution in [2.24, 2.45) is 0 Å². The van der Waals surface area contributed by atoms with E-state index in [2.05, 4.69) is 23.3 Å². The summed E-state index contributed by atoms with van der Waals surface area (Å²) in [5.74, 6) is -0.114. The Kier molecular flexibility index (Phi) is 6.27. The number of nitrogens with zero attached hydrogens (tertiary/aromatic N) is 2. The van der Waals surface area contributed by atoms with Gasteiger partial charge in [-0.15, -0.1) is 22.7 Å². The van der Waals surface area contributed by atoms with Crippen LogP contribution in [0.2, 0.25) is 4.34 Å². The molecule has 2 aromatic heterocycles. The Bertz CT molecular complexity index is 913. The van der Waals surface area contributed by atoms with Gasteiger partial charge in [0.25, 0.3) is 11.8 Å². The van der Waals surface area contributed by atoms with Crippen molar-refractivity contribution in [1.29, 1.82) is 0 Å². The maximum atomic E-state index is 13.3. The molecule has 0 unspecified atom stereocenters. The van der Waals surface area contributed by atoms with E-state index in [1.165, 1.54) is 21.8 Å². The molecule has 0 spiro atoms. The van der Waals surface area contributed by atoms with Gasteiger partial charge in [-0.2, -0.15) is 0 Å². The normalized spacial score (nSPS) is 22.0. The van der Waals surface area contributed by atoms with Gasteiger partial charge in [-0.1, -0.05) is 11.6 Å². The van der Waals surface area contributed by atoms with Crippen LogP contribution < -0.4 is 5.32 Å². The molecule has 2 atom stereocenters. The molecule has 0 radical (unpaired) electrons. The lowest BCUT2D eigenvalue weighted by Gasteiger charge is -2.23. The zero-order valence-corrected chi connectivity index (χ0v) is 18.8. The minimum atomic E-state index is -0.146. The van der Waals surface area contributed by atoms with E-state index < -0.39 is 0 Å². The maximum absolute atomic E-state index is 13.3. The number of methoxy groups -OCH3 is 1. The van der Waals surface area contributed by atoms with Gasteiger partial charge in [-0.25, -0.2) is 0 Å². The number of rotatable bonds is 5. The topological polar surface area (TPSA) is 61.9 Å². The Balaban J connectivity index is 1.47. The standard InChI is InChI=1S/C20H24ClN3O3S2/c1-23-6-5-12-7-16(28-17(12)10-23)20(26)24-9-13(8-14(24)11-27-2)22-19(25)15-3-4-18(21)29-15/h3-4,7,13-14H,5-6,8-11H2,1-2H3,(H,22,25)/t13-,14+/m1/s1. The van der Waals surface area contributed by atoms with Crippen molar-refractivity contribution in [1.82, 2.24) is 15.1 Å². The van der Waals surface area contributed by atoms with Gasteiger partial charge in [0.05, 0.1) is 26.7 Å². The van der Waals surface area contributed by atoms with Crippen molar-refractivity contribution in [3.05, 3.63) is 42.7 Å². The number of carbonyl (C=O) groups excluding carboxylic acids is 2. The zero-order chi connectivity index (χ0) is 20.5. The van der Waals surface area contributed by atoms with Crippen LogP contribution in [0.4, 0.5) is 0 Å². The number of amides is 2. The van der Waals surface area contributed by atoms with E-state index in [9.17, 15) is 9.59 Å². The van der Waals surface area contributed by atoms with Gasteiger partial charge in [0, 0.05) is 37.7 Å². The van der Waals surface area contributed by atoms with E-state index in [4.69, 9.17) is 16.3 Å². The van der Waals surface area contributed by atoms with E-state index in [0.29, 0.717) is 28.8 Å². The first-order valence-corrected chi connectivity index (χ1v) is 11.6. The van der Waals surface area contributed by atoms with E-state index in [0.717, 1.165) is 24.4 Å². The highest BCUT2D eigenvalue weighted by atomic mass is 35.5. The average Bonchev–Trinajstić information content (AvgIpc) is 3.39. The first kappa shape index (κ1) is 20.8. The molecule has 2 amide bonds. The van der Waals surface area contributed by atoms with Crippen LogP contribution in [0.25, 0.3) is 0 Å². The third-order valence-corrected chi connectivity index (χ3v) is 7.83. The monoisotopic (exact) mass is 453 g/mol. The predicted octanol–water partition coefficient (Wildman–Crippen LogP) is 3.11. The number of hydrogen-bond donors (Lipinski definition) is 1. The summed E-state index contributed by atoms with van der Waals surface area (Å²) in [4.78, 5) is 32.5. The Morgan fingerprint density at radius 2 is 2.14 bits per heavy atom. The molecule has 0 saturated carbocycles. The second-order valence-corrected chi connectivity index (χ2v) is 10.5. The summed E-state index contributed by atoms with van der Waals surface area (Å²) >= 11 is 8.79. The van der Waals surface area contributed by atoms with Gasteiger partial charge in [0.15, 0.2) is 0 Å². The Morgan fingerprint density at radius 3 is 2.86 bits per heavy atom. The summed E-state index contributed by atoms with van der Waals surface area (Å²) in [7, 11) is 3.75. The molecule has 29 heavy (non-hydrogen) atoms. The summed E-state index contributed by atoms with van der Waals surface area (Å²) in [6, 6.07) is 5.34. The average molecular weight is 454 g/mol. The number of ether oxygens (including phenoxy) is 1. The molecule has 0 aliphatic carbocycles. The largest absolute Gasteiger partial charge is 0.383 e. The number of nitrogens with one attached hydrogen (secondary N) is 1. The molecular formula is C20H24ClN3O3S2. The quantitative estimate of drug-likeness (QED) is 0.755. The second kappa shape index (κ2) is 8.73. The number of thiophene rings is 2. The van der Waals surface area contributed by atoms with Gasteiger partial charge in [-0.3, -0.25) is 9.59 Å². The number of likely N-dealkylation sites (N-methyl/N-ethyl adjacent to an activating group) is 1. The molecule has 0 bridgehead atoms. The van der Waals surface area contributed by atoms with Crippen LogP contribution in [-0.2, 0) is 17.7 Å². The van der Waals surface area contributed by atoms with Gasteiger partial charge in [-0.05, 0) is 43.7 Å². The highest BCUT2D eigenvalue weighted by Gasteiger charge is 2.37. The van der Waals surface area contributed by atoms with Crippen molar-refractivity contribution in [2.45, 2.75) is 31.5 Å². The lowest BCUT2D eigenvalue weighted by molar-refractivity contribution is 0.0633. The lowest BCUT2D eigenvalue weighted by Crippen LogP contribution is -2.40. The van der Waals surface area contributed by atoms with Crippen LogP contribution in [0.15, 0.2) is 18.2 Å². The van der Waals surface area contributed by atoms with Crippen molar-refractivity contribution in [3.63, 3.8) is 0 Å². The molecule has 6 nitrogen and oxygen atoms in total. The molecule has 2 aliphatic rings. The van der Waals surface area contributed by atoms with Crippen LogP contribution in [0.5, 0.6) is 0 Å². The first-order valence-electron chi connectivity index (χ1n) is 9.61. The van der Waals surface area contributed by atoms with Gasteiger partial charge >= 0.3 is 0 Å². The fourth-order valence-corrected chi connectivity index (χ4v) is 6.20. The van der Waals surface area contributed by atoms with Crippen LogP contribution in [0.3, 0.4) is 0 Å². The van der Waals surface area contributed by atoms with Crippen LogP contribution in [-0.4, -0.2) is 67.6 Å². The minimum Gasteiger partial charge on any atom is -0.383 e. The maximum Gasteiger partial charge on any atom is 0.264 e. The minimum absolute atomic E-state index is 0.0324. The van der Waals surface area contributed by atoms with Gasteiger partial charge in [0.1, 0.15) is 0 Å². The summed E-state index contributed by atoms with van der Waals surface area (Å²) in [5, 5.41) is 3.05. The van der Waals surface area contributed by atoms with Crippen molar-refractivity contribution >= 4 is 46.1 Å². The molecule has 1 fully saturated rings. The van der Waals surface area contributed by atoms with Gasteiger partial charge in [0.2, 0.25) is 0 Å². The lowest BCUT2D eigenvalue weighted by atomic mass is 10.1.